The zero-order valence-electron chi connectivity index (χ0n) is 27.4. The molecule has 0 spiro atoms. The van der Waals surface area contributed by atoms with Gasteiger partial charge in [0.1, 0.15) is 5.75 Å². The van der Waals surface area contributed by atoms with Gasteiger partial charge in [-0.25, -0.2) is 4.79 Å². The van der Waals surface area contributed by atoms with E-state index in [-0.39, 0.29) is 16.8 Å². The van der Waals surface area contributed by atoms with Crippen LogP contribution in [0.15, 0.2) is 12.1 Å². The number of aromatic hydroxyl groups is 1. The fraction of sp³-hybridized carbons (Fsp3) is 0.757. The van der Waals surface area contributed by atoms with E-state index in [0.29, 0.717) is 17.9 Å². The van der Waals surface area contributed by atoms with Gasteiger partial charge < -0.3 is 9.84 Å². The van der Waals surface area contributed by atoms with Crippen molar-refractivity contribution in [2.75, 3.05) is 6.61 Å². The van der Waals surface area contributed by atoms with Crippen LogP contribution in [0, 0.1) is 11.8 Å². The van der Waals surface area contributed by atoms with Gasteiger partial charge in [0.2, 0.25) is 0 Å². The number of carbonyl (C=O) groups is 1. The SMILES string of the molecule is CCCCCCCCC#CCCCCCCCCCCCCOC(=O)c1cc(C(C)(C)C)c(O)c(C(C)(C)C)c1. The lowest BCUT2D eigenvalue weighted by molar-refractivity contribution is 0.0497. The monoisotopic (exact) mass is 554 g/mol. The first kappa shape index (κ1) is 36.1. The van der Waals surface area contributed by atoms with Gasteiger partial charge in [-0.2, -0.15) is 0 Å². The number of rotatable bonds is 19. The molecule has 1 aromatic carbocycles. The van der Waals surface area contributed by atoms with Crippen molar-refractivity contribution in [2.24, 2.45) is 0 Å². The Kier molecular flexibility index (Phi) is 18.1. The average molecular weight is 555 g/mol. The van der Waals surface area contributed by atoms with Crippen molar-refractivity contribution in [1.82, 2.24) is 0 Å². The van der Waals surface area contributed by atoms with Crippen LogP contribution in [0.25, 0.3) is 0 Å². The van der Waals surface area contributed by atoms with Crippen molar-refractivity contribution in [3.8, 4) is 17.6 Å². The molecule has 0 bridgehead atoms. The lowest BCUT2D eigenvalue weighted by Gasteiger charge is -2.28. The highest BCUT2D eigenvalue weighted by atomic mass is 16.5. The molecule has 0 aliphatic heterocycles. The predicted molar refractivity (Wildman–Crippen MR) is 172 cm³/mol. The fourth-order valence-electron chi connectivity index (χ4n) is 5.04. The molecule has 3 nitrogen and oxygen atoms in total. The van der Waals surface area contributed by atoms with E-state index in [2.05, 4.69) is 60.3 Å². The summed E-state index contributed by atoms with van der Waals surface area (Å²) in [7, 11) is 0. The summed E-state index contributed by atoms with van der Waals surface area (Å²) in [5.74, 6) is 6.73. The summed E-state index contributed by atoms with van der Waals surface area (Å²) < 4.78 is 5.61. The highest BCUT2D eigenvalue weighted by Gasteiger charge is 2.28. The third-order valence-corrected chi connectivity index (χ3v) is 7.67. The molecule has 0 saturated heterocycles. The molecule has 0 amide bonds. The van der Waals surface area contributed by atoms with Gasteiger partial charge in [-0.1, -0.05) is 132 Å². The van der Waals surface area contributed by atoms with Crippen LogP contribution in [0.2, 0.25) is 0 Å². The highest BCUT2D eigenvalue weighted by Crippen LogP contribution is 2.39. The molecule has 0 fully saturated rings. The van der Waals surface area contributed by atoms with Crippen LogP contribution >= 0.6 is 0 Å². The van der Waals surface area contributed by atoms with Crippen molar-refractivity contribution in [2.45, 2.75) is 175 Å². The molecule has 0 aliphatic carbocycles. The van der Waals surface area contributed by atoms with E-state index < -0.39 is 0 Å². The molecule has 0 unspecified atom stereocenters. The number of unbranched alkanes of at least 4 members (excludes halogenated alkanes) is 16. The minimum absolute atomic E-state index is 0.262. The van der Waals surface area contributed by atoms with Crippen molar-refractivity contribution in [1.29, 1.82) is 0 Å². The zero-order chi connectivity index (χ0) is 29.9. The predicted octanol–water partition coefficient (Wildman–Crippen LogP) is 11.2. The Morgan fingerprint density at radius 2 is 1.02 bits per heavy atom. The first-order valence-electron chi connectivity index (χ1n) is 16.5. The molecule has 0 saturated carbocycles. The minimum atomic E-state index is -0.292. The van der Waals surface area contributed by atoms with E-state index >= 15 is 0 Å². The van der Waals surface area contributed by atoms with Gasteiger partial charge in [0.25, 0.3) is 0 Å². The fourth-order valence-corrected chi connectivity index (χ4v) is 5.04. The summed E-state index contributed by atoms with van der Waals surface area (Å²) >= 11 is 0. The van der Waals surface area contributed by atoms with Crippen LogP contribution in [0.3, 0.4) is 0 Å². The Bertz CT molecular complexity index is 854. The molecule has 0 aromatic heterocycles. The highest BCUT2D eigenvalue weighted by molar-refractivity contribution is 5.90. The number of benzene rings is 1. The number of hydrogen-bond acceptors (Lipinski definition) is 3. The molecule has 0 aliphatic rings. The largest absolute Gasteiger partial charge is 0.507 e. The Labute approximate surface area is 248 Å². The standard InChI is InChI=1S/C37H62O3/c1-8-9-10-11-12-13-14-15-16-17-18-19-20-21-22-23-24-25-26-27-28-40-35(39)31-29-32(36(2,3)4)34(38)33(30-31)37(5,6)7/h29-30,38H,8-14,17-28H2,1-7H3. The third-order valence-electron chi connectivity index (χ3n) is 7.67. The van der Waals surface area contributed by atoms with Gasteiger partial charge in [0.15, 0.2) is 0 Å². The molecule has 0 atom stereocenters. The second kappa shape index (κ2) is 20.0. The average Bonchev–Trinajstić information content (AvgIpc) is 2.88. The molecule has 1 aromatic rings. The maximum Gasteiger partial charge on any atom is 0.338 e. The van der Waals surface area contributed by atoms with E-state index in [1.165, 1.54) is 89.9 Å². The molecule has 1 N–H and O–H groups in total. The second-order valence-electron chi connectivity index (χ2n) is 13.7. The Hall–Kier alpha value is -1.95. The van der Waals surface area contributed by atoms with Crippen molar-refractivity contribution in [3.05, 3.63) is 28.8 Å². The zero-order valence-corrected chi connectivity index (χ0v) is 27.4. The van der Waals surface area contributed by atoms with Crippen molar-refractivity contribution in [3.63, 3.8) is 0 Å². The number of hydrogen-bond donors (Lipinski definition) is 1. The maximum absolute atomic E-state index is 12.8. The minimum Gasteiger partial charge on any atom is -0.507 e. The van der Waals surface area contributed by atoms with Gasteiger partial charge in [0.05, 0.1) is 12.2 Å². The summed E-state index contributed by atoms with van der Waals surface area (Å²) in [6, 6.07) is 3.61. The van der Waals surface area contributed by atoms with Gasteiger partial charge in [0, 0.05) is 24.0 Å². The smallest absolute Gasteiger partial charge is 0.338 e. The normalized spacial score (nSPS) is 11.8. The number of phenols is 1. The van der Waals surface area contributed by atoms with E-state index in [9.17, 15) is 9.90 Å². The van der Waals surface area contributed by atoms with Crippen LogP contribution in [0.4, 0.5) is 0 Å². The summed E-state index contributed by atoms with van der Waals surface area (Å²) in [4.78, 5) is 12.8. The number of carbonyl (C=O) groups excluding carboxylic acids is 1. The topological polar surface area (TPSA) is 46.5 Å². The lowest BCUT2D eigenvalue weighted by atomic mass is 9.78. The van der Waals surface area contributed by atoms with E-state index in [0.717, 1.165) is 36.8 Å². The number of phenolic OH excluding ortho intramolecular Hbond substituents is 1. The van der Waals surface area contributed by atoms with Crippen LogP contribution in [-0.2, 0) is 15.6 Å². The van der Waals surface area contributed by atoms with Crippen LogP contribution in [-0.4, -0.2) is 17.7 Å². The summed E-state index contributed by atoms with van der Waals surface area (Å²) in [6.45, 7) is 15.0. The first-order chi connectivity index (χ1) is 19.0. The maximum atomic E-state index is 12.8. The summed E-state index contributed by atoms with van der Waals surface area (Å²) in [5.41, 5.74) is 1.59. The lowest BCUT2D eigenvalue weighted by Crippen LogP contribution is -2.19. The van der Waals surface area contributed by atoms with E-state index in [4.69, 9.17) is 4.74 Å². The van der Waals surface area contributed by atoms with Crippen LogP contribution < -0.4 is 0 Å². The van der Waals surface area contributed by atoms with Gasteiger partial charge in [-0.15, -0.1) is 11.8 Å². The second-order valence-corrected chi connectivity index (χ2v) is 13.7. The van der Waals surface area contributed by atoms with Crippen molar-refractivity contribution >= 4 is 5.97 Å². The first-order valence-corrected chi connectivity index (χ1v) is 16.5. The quantitative estimate of drug-likeness (QED) is 0.105. The molecule has 1 rings (SSSR count). The van der Waals surface area contributed by atoms with Gasteiger partial charge in [-0.05, 0) is 42.2 Å². The third kappa shape index (κ3) is 15.7. The van der Waals surface area contributed by atoms with E-state index in [1.807, 2.05) is 0 Å². The van der Waals surface area contributed by atoms with Gasteiger partial charge in [-0.3, -0.25) is 0 Å². The molecular formula is C37H62O3. The Balaban J connectivity index is 2.11. The Morgan fingerprint density at radius 3 is 1.43 bits per heavy atom. The van der Waals surface area contributed by atoms with E-state index in [1.54, 1.807) is 12.1 Å². The molecule has 228 valence electrons. The summed E-state index contributed by atoms with van der Waals surface area (Å²) in [5, 5.41) is 10.9. The number of ether oxygens (including phenoxy) is 1. The molecule has 40 heavy (non-hydrogen) atoms. The summed E-state index contributed by atoms with van der Waals surface area (Å²) in [6.07, 6.45) is 22.6. The van der Waals surface area contributed by atoms with Gasteiger partial charge >= 0.3 is 5.97 Å². The van der Waals surface area contributed by atoms with Crippen molar-refractivity contribution < 1.29 is 14.6 Å². The molecular weight excluding hydrogens is 492 g/mol. The molecule has 0 heterocycles. The Morgan fingerprint density at radius 1 is 0.650 bits per heavy atom. The molecule has 3 heteroatoms. The van der Waals surface area contributed by atoms with Crippen LogP contribution in [0.5, 0.6) is 5.75 Å². The molecule has 0 radical (unpaired) electrons. The number of esters is 1. The van der Waals surface area contributed by atoms with Crippen LogP contribution in [0.1, 0.15) is 186 Å².